The fraction of sp³-hybridized carbons (Fsp3) is 0.529. The number of aliphatic hydroxyl groups is 1. The number of rotatable bonds is 19. The number of carbonyl (C=O) groups is 2. The predicted molar refractivity (Wildman–Crippen MR) is 165 cm³/mol. The molecule has 2 aromatic carbocycles. The number of nitro benzene ring substituents is 1. The molecule has 0 aliphatic carbocycles. The molecule has 1 amide bonds. The van der Waals surface area contributed by atoms with Crippen LogP contribution in [0.3, 0.4) is 0 Å². The van der Waals surface area contributed by atoms with Crippen LogP contribution in [0.2, 0.25) is 0 Å². The number of ketones is 1. The Morgan fingerprint density at radius 3 is 1.88 bits per heavy atom. The maximum atomic E-state index is 13.3. The normalized spacial score (nSPS) is 16.2. The number of aliphatic hydroxyl groups excluding tert-OH is 1. The van der Waals surface area contributed by atoms with E-state index in [1.165, 1.54) is 82.3 Å². The molecule has 1 N–H and O–H groups in total. The lowest BCUT2D eigenvalue weighted by atomic mass is 9.94. The van der Waals surface area contributed by atoms with E-state index in [-0.39, 0.29) is 29.1 Å². The molecule has 42 heavy (non-hydrogen) atoms. The van der Waals surface area contributed by atoms with Gasteiger partial charge in [-0.25, -0.2) is 0 Å². The first-order valence-corrected chi connectivity index (χ1v) is 15.6. The maximum absolute atomic E-state index is 13.3. The van der Waals surface area contributed by atoms with Crippen LogP contribution in [-0.4, -0.2) is 40.3 Å². The monoisotopic (exact) mass is 578 g/mol. The van der Waals surface area contributed by atoms with Crippen LogP contribution in [-0.2, 0) is 9.59 Å². The fourth-order valence-electron chi connectivity index (χ4n) is 5.70. The number of para-hydroxylation sites is 1. The van der Waals surface area contributed by atoms with Gasteiger partial charge in [0.1, 0.15) is 11.5 Å². The molecule has 8 heteroatoms. The average molecular weight is 579 g/mol. The minimum Gasteiger partial charge on any atom is -0.507 e. The molecular weight excluding hydrogens is 532 g/mol. The third kappa shape index (κ3) is 8.91. The second-order valence-corrected chi connectivity index (χ2v) is 11.1. The first-order chi connectivity index (χ1) is 20.4. The first-order valence-electron chi connectivity index (χ1n) is 15.6. The number of hydrogen-bond acceptors (Lipinski definition) is 6. The number of carbonyl (C=O) groups excluding carboxylic acids is 2. The van der Waals surface area contributed by atoms with Gasteiger partial charge >= 0.3 is 0 Å². The van der Waals surface area contributed by atoms with E-state index >= 15 is 0 Å². The number of Topliss-reactive ketones (excluding diaryl/α,β-unsaturated/α-hetero) is 1. The molecule has 0 radical (unpaired) electrons. The van der Waals surface area contributed by atoms with Crippen LogP contribution in [0.1, 0.15) is 114 Å². The Morgan fingerprint density at radius 1 is 0.833 bits per heavy atom. The van der Waals surface area contributed by atoms with Crippen LogP contribution in [0, 0.1) is 10.1 Å². The molecule has 1 atom stereocenters. The Bertz CT molecular complexity index is 1210. The topological polar surface area (TPSA) is 110 Å². The lowest BCUT2D eigenvalue weighted by Crippen LogP contribution is -2.31. The Kier molecular flexibility index (Phi) is 13.5. The smallest absolute Gasteiger partial charge is 0.295 e. The Labute approximate surface area is 249 Å². The molecule has 0 bridgehead atoms. The van der Waals surface area contributed by atoms with Crippen molar-refractivity contribution in [3.63, 3.8) is 0 Å². The quantitative estimate of drug-likeness (QED) is 0.0447. The number of ether oxygens (including phenoxy) is 1. The van der Waals surface area contributed by atoms with Gasteiger partial charge in [-0.05, 0) is 36.8 Å². The van der Waals surface area contributed by atoms with Gasteiger partial charge in [-0.1, -0.05) is 103 Å². The molecule has 1 fully saturated rings. The highest BCUT2D eigenvalue weighted by Crippen LogP contribution is 2.42. The van der Waals surface area contributed by atoms with Gasteiger partial charge in [0.05, 0.1) is 29.2 Å². The summed E-state index contributed by atoms with van der Waals surface area (Å²) in [5.41, 5.74) is 0.205. The van der Waals surface area contributed by atoms with E-state index < -0.39 is 22.7 Å². The second-order valence-electron chi connectivity index (χ2n) is 11.1. The highest BCUT2D eigenvalue weighted by molar-refractivity contribution is 6.46. The highest BCUT2D eigenvalue weighted by atomic mass is 16.6. The zero-order chi connectivity index (χ0) is 30.3. The molecule has 2 aromatic rings. The molecule has 3 rings (SSSR count). The van der Waals surface area contributed by atoms with E-state index in [2.05, 4.69) is 6.92 Å². The van der Waals surface area contributed by atoms with E-state index in [0.29, 0.717) is 17.7 Å². The van der Waals surface area contributed by atoms with E-state index in [0.717, 1.165) is 19.3 Å². The lowest BCUT2D eigenvalue weighted by Gasteiger charge is -2.25. The molecule has 1 heterocycles. The number of benzene rings is 2. The number of likely N-dealkylation sites (tertiary alicyclic amines) is 1. The van der Waals surface area contributed by atoms with Gasteiger partial charge < -0.3 is 14.7 Å². The summed E-state index contributed by atoms with van der Waals surface area (Å²) in [7, 11) is 1.52. The fourth-order valence-corrected chi connectivity index (χ4v) is 5.70. The van der Waals surface area contributed by atoms with Crippen molar-refractivity contribution in [2.75, 3.05) is 13.7 Å². The second kappa shape index (κ2) is 17.3. The lowest BCUT2D eigenvalue weighted by molar-refractivity contribution is -0.385. The van der Waals surface area contributed by atoms with Gasteiger partial charge in [0.25, 0.3) is 17.4 Å². The molecular formula is C34H46N2O6. The predicted octanol–water partition coefficient (Wildman–Crippen LogP) is 8.51. The Hall–Kier alpha value is -3.68. The van der Waals surface area contributed by atoms with Crippen molar-refractivity contribution in [1.82, 2.24) is 4.90 Å². The van der Waals surface area contributed by atoms with Crippen LogP contribution < -0.4 is 4.74 Å². The zero-order valence-electron chi connectivity index (χ0n) is 25.2. The number of nitrogens with zero attached hydrogens (tertiary/aromatic N) is 2. The molecule has 1 aliphatic heterocycles. The summed E-state index contributed by atoms with van der Waals surface area (Å²) in [6.45, 7) is 2.52. The largest absolute Gasteiger partial charge is 0.507 e. The first kappa shape index (κ1) is 32.8. The van der Waals surface area contributed by atoms with Crippen molar-refractivity contribution in [3.8, 4) is 5.75 Å². The van der Waals surface area contributed by atoms with Crippen molar-refractivity contribution in [2.24, 2.45) is 0 Å². The number of amides is 1. The molecule has 1 unspecified atom stereocenters. The maximum Gasteiger partial charge on any atom is 0.295 e. The molecule has 1 saturated heterocycles. The molecule has 228 valence electrons. The summed E-state index contributed by atoms with van der Waals surface area (Å²) in [4.78, 5) is 39.2. The van der Waals surface area contributed by atoms with Gasteiger partial charge in [0.15, 0.2) is 0 Å². The van der Waals surface area contributed by atoms with Crippen molar-refractivity contribution in [3.05, 3.63) is 75.3 Å². The summed E-state index contributed by atoms with van der Waals surface area (Å²) in [6, 6.07) is 11.5. The third-order valence-corrected chi connectivity index (χ3v) is 8.08. The van der Waals surface area contributed by atoms with Gasteiger partial charge in [0.2, 0.25) is 0 Å². The van der Waals surface area contributed by atoms with E-state index in [4.69, 9.17) is 4.74 Å². The van der Waals surface area contributed by atoms with Gasteiger partial charge in [-0.3, -0.25) is 19.7 Å². The summed E-state index contributed by atoms with van der Waals surface area (Å²) >= 11 is 0. The number of methoxy groups -OCH3 is 1. The molecule has 0 saturated carbocycles. The van der Waals surface area contributed by atoms with Gasteiger partial charge in [-0.2, -0.15) is 0 Å². The van der Waals surface area contributed by atoms with Crippen LogP contribution in [0.4, 0.5) is 5.69 Å². The van der Waals surface area contributed by atoms with Gasteiger partial charge in [0, 0.05) is 18.2 Å². The molecule has 1 aliphatic rings. The summed E-state index contributed by atoms with van der Waals surface area (Å²) in [5.74, 6) is -1.37. The minimum absolute atomic E-state index is 0.134. The van der Waals surface area contributed by atoms with Crippen LogP contribution in [0.15, 0.2) is 54.1 Å². The molecule has 0 aromatic heterocycles. The summed E-state index contributed by atoms with van der Waals surface area (Å²) in [5, 5.41) is 23.1. The van der Waals surface area contributed by atoms with E-state index in [1.807, 2.05) is 0 Å². The van der Waals surface area contributed by atoms with Crippen molar-refractivity contribution in [1.29, 1.82) is 0 Å². The standard InChI is InChI=1S/C34H46N2O6/c1-3-4-5-6-7-8-9-10-11-12-13-14-15-18-25-35-31(28-19-16-17-20-29(28)36(40)41)30(33(38)34(35)39)32(37)26-21-23-27(42-2)24-22-26/h16-17,19-24,31,37H,3-15,18,25H2,1-2H3/b32-30+. The third-order valence-electron chi connectivity index (χ3n) is 8.08. The van der Waals surface area contributed by atoms with Crippen LogP contribution in [0.25, 0.3) is 5.76 Å². The van der Waals surface area contributed by atoms with Crippen molar-refractivity contribution >= 4 is 23.1 Å². The summed E-state index contributed by atoms with van der Waals surface area (Å²) < 4.78 is 5.18. The van der Waals surface area contributed by atoms with E-state index in [9.17, 15) is 24.8 Å². The number of unbranched alkanes of at least 4 members (excludes halogenated alkanes) is 13. The number of hydrogen-bond donors (Lipinski definition) is 1. The van der Waals surface area contributed by atoms with Crippen molar-refractivity contribution in [2.45, 2.75) is 103 Å². The minimum atomic E-state index is -1.05. The SMILES string of the molecule is CCCCCCCCCCCCCCCCN1C(=O)C(=O)/C(=C(/O)c2ccc(OC)cc2)C1c1ccccc1[N+](=O)[O-]. The van der Waals surface area contributed by atoms with Crippen LogP contribution in [0.5, 0.6) is 5.75 Å². The van der Waals surface area contributed by atoms with E-state index in [1.54, 1.807) is 42.5 Å². The molecule has 0 spiro atoms. The Morgan fingerprint density at radius 2 is 1.36 bits per heavy atom. The Balaban J connectivity index is 1.62. The average Bonchev–Trinajstić information content (AvgIpc) is 3.25. The van der Waals surface area contributed by atoms with Gasteiger partial charge in [-0.15, -0.1) is 0 Å². The number of nitro groups is 1. The van der Waals surface area contributed by atoms with Crippen LogP contribution >= 0.6 is 0 Å². The zero-order valence-corrected chi connectivity index (χ0v) is 25.2. The van der Waals surface area contributed by atoms with Crippen molar-refractivity contribution < 1.29 is 24.4 Å². The summed E-state index contributed by atoms with van der Waals surface area (Å²) in [6.07, 6.45) is 16.8. The highest BCUT2D eigenvalue weighted by Gasteiger charge is 2.47. The molecule has 8 nitrogen and oxygen atoms in total.